The zero-order chi connectivity index (χ0) is 15.4. The summed E-state index contributed by atoms with van der Waals surface area (Å²) < 4.78 is 0. The van der Waals surface area contributed by atoms with Crippen LogP contribution in [0.2, 0.25) is 0 Å². The first-order valence-electron chi connectivity index (χ1n) is 8.37. The van der Waals surface area contributed by atoms with E-state index >= 15 is 0 Å². The van der Waals surface area contributed by atoms with Crippen molar-refractivity contribution in [2.45, 2.75) is 38.6 Å². The molecule has 3 heterocycles. The van der Waals surface area contributed by atoms with Gasteiger partial charge in [-0.05, 0) is 39.3 Å². The van der Waals surface area contributed by atoms with Crippen LogP contribution < -0.4 is 5.32 Å². The molecular formula is C16H27N5S. The Morgan fingerprint density at radius 1 is 1.41 bits per heavy atom. The first-order chi connectivity index (χ1) is 10.8. The number of hydrogen-bond acceptors (Lipinski definition) is 4. The molecule has 1 N–H and O–H groups in total. The van der Waals surface area contributed by atoms with Crippen molar-refractivity contribution >= 4 is 17.3 Å². The van der Waals surface area contributed by atoms with Gasteiger partial charge in [0.1, 0.15) is 0 Å². The maximum atomic E-state index is 4.46. The minimum absolute atomic E-state index is 0.725. The Kier molecular flexibility index (Phi) is 5.31. The maximum absolute atomic E-state index is 4.46. The van der Waals surface area contributed by atoms with Gasteiger partial charge >= 0.3 is 0 Å². The molecule has 3 rings (SSSR count). The standard InChI is InChI=1S/C16H27N5S/c1-13-11-19-15(22-13)5-7-18-16(17-2)21-10-6-14(12-21)20-8-3-4-9-20/h11,14H,3-10,12H2,1-2H3,(H,17,18). The smallest absolute Gasteiger partial charge is 0.193 e. The summed E-state index contributed by atoms with van der Waals surface area (Å²) in [5, 5.41) is 4.71. The number of guanidine groups is 1. The van der Waals surface area contributed by atoms with Crippen molar-refractivity contribution < 1.29 is 0 Å². The summed E-state index contributed by atoms with van der Waals surface area (Å²) in [7, 11) is 1.89. The third-order valence-corrected chi connectivity index (χ3v) is 5.60. The number of thiazole rings is 1. The normalized spacial score (nSPS) is 23.5. The minimum Gasteiger partial charge on any atom is -0.356 e. The largest absolute Gasteiger partial charge is 0.356 e. The lowest BCUT2D eigenvalue weighted by molar-refractivity contribution is 0.249. The molecule has 6 heteroatoms. The minimum atomic E-state index is 0.725. The Bertz CT molecular complexity index is 506. The molecule has 5 nitrogen and oxygen atoms in total. The summed E-state index contributed by atoms with van der Waals surface area (Å²) in [6, 6.07) is 0.725. The average Bonchev–Trinajstić information content (AvgIpc) is 3.24. The summed E-state index contributed by atoms with van der Waals surface area (Å²) in [4.78, 5) is 15.2. The zero-order valence-corrected chi connectivity index (χ0v) is 14.5. The van der Waals surface area contributed by atoms with E-state index in [0.717, 1.165) is 38.1 Å². The Balaban J connectivity index is 1.45. The molecule has 0 amide bonds. The number of likely N-dealkylation sites (tertiary alicyclic amines) is 2. The Hall–Kier alpha value is -1.14. The van der Waals surface area contributed by atoms with Crippen molar-refractivity contribution in [2.24, 2.45) is 4.99 Å². The van der Waals surface area contributed by atoms with Crippen molar-refractivity contribution in [1.29, 1.82) is 0 Å². The molecule has 0 radical (unpaired) electrons. The lowest BCUT2D eigenvalue weighted by Gasteiger charge is -2.25. The maximum Gasteiger partial charge on any atom is 0.193 e. The molecule has 1 atom stereocenters. The fourth-order valence-corrected chi connectivity index (χ4v) is 4.26. The predicted molar refractivity (Wildman–Crippen MR) is 92.7 cm³/mol. The van der Waals surface area contributed by atoms with Gasteiger partial charge in [-0.3, -0.25) is 9.89 Å². The number of hydrogen-bond donors (Lipinski definition) is 1. The summed E-state index contributed by atoms with van der Waals surface area (Å²) in [6.07, 6.45) is 6.94. The van der Waals surface area contributed by atoms with Gasteiger partial charge in [-0.25, -0.2) is 4.98 Å². The number of aromatic nitrogens is 1. The molecule has 0 saturated carbocycles. The van der Waals surface area contributed by atoms with Gasteiger partial charge in [-0.1, -0.05) is 0 Å². The van der Waals surface area contributed by atoms with E-state index < -0.39 is 0 Å². The third kappa shape index (κ3) is 3.79. The SMILES string of the molecule is CN=C(NCCc1ncc(C)s1)N1CCC(N2CCCC2)C1. The van der Waals surface area contributed by atoms with Gasteiger partial charge in [0, 0.05) is 50.2 Å². The topological polar surface area (TPSA) is 43.8 Å². The van der Waals surface area contributed by atoms with E-state index in [1.165, 1.54) is 42.2 Å². The van der Waals surface area contributed by atoms with E-state index in [1.54, 1.807) is 11.3 Å². The van der Waals surface area contributed by atoms with Crippen LogP contribution in [0.3, 0.4) is 0 Å². The molecule has 0 aliphatic carbocycles. The molecule has 2 saturated heterocycles. The number of rotatable bonds is 4. The van der Waals surface area contributed by atoms with Crippen LogP contribution in [0.25, 0.3) is 0 Å². The highest BCUT2D eigenvalue weighted by atomic mass is 32.1. The monoisotopic (exact) mass is 321 g/mol. The second-order valence-corrected chi connectivity index (χ2v) is 7.54. The molecule has 22 heavy (non-hydrogen) atoms. The Morgan fingerprint density at radius 2 is 2.23 bits per heavy atom. The van der Waals surface area contributed by atoms with Crippen molar-refractivity contribution in [1.82, 2.24) is 20.1 Å². The van der Waals surface area contributed by atoms with E-state index in [1.807, 2.05) is 13.2 Å². The van der Waals surface area contributed by atoms with Gasteiger partial charge in [0.25, 0.3) is 0 Å². The van der Waals surface area contributed by atoms with Crippen LogP contribution >= 0.6 is 11.3 Å². The van der Waals surface area contributed by atoms with E-state index in [0.29, 0.717) is 0 Å². The molecule has 0 aromatic carbocycles. The fourth-order valence-electron chi connectivity index (χ4n) is 3.47. The molecule has 1 unspecified atom stereocenters. The highest BCUT2D eigenvalue weighted by molar-refractivity contribution is 7.11. The number of aryl methyl sites for hydroxylation is 1. The van der Waals surface area contributed by atoms with E-state index in [9.17, 15) is 0 Å². The van der Waals surface area contributed by atoms with Gasteiger partial charge in [0.05, 0.1) is 5.01 Å². The summed E-state index contributed by atoms with van der Waals surface area (Å²) in [5.74, 6) is 1.05. The zero-order valence-electron chi connectivity index (χ0n) is 13.7. The van der Waals surface area contributed by atoms with Crippen LogP contribution in [0.5, 0.6) is 0 Å². The van der Waals surface area contributed by atoms with Gasteiger partial charge < -0.3 is 10.2 Å². The quantitative estimate of drug-likeness (QED) is 0.678. The molecule has 122 valence electrons. The molecule has 2 aliphatic heterocycles. The van der Waals surface area contributed by atoms with Crippen LogP contribution in [-0.4, -0.2) is 66.6 Å². The van der Waals surface area contributed by atoms with Crippen LogP contribution in [0.1, 0.15) is 29.1 Å². The second-order valence-electron chi connectivity index (χ2n) is 6.22. The van der Waals surface area contributed by atoms with Crippen molar-refractivity contribution in [2.75, 3.05) is 39.8 Å². The van der Waals surface area contributed by atoms with Crippen molar-refractivity contribution in [3.05, 3.63) is 16.1 Å². The third-order valence-electron chi connectivity index (χ3n) is 4.62. The molecule has 2 fully saturated rings. The Morgan fingerprint density at radius 3 is 2.91 bits per heavy atom. The molecule has 1 aromatic rings. The molecule has 0 spiro atoms. The summed E-state index contributed by atoms with van der Waals surface area (Å²) in [5.41, 5.74) is 0. The van der Waals surface area contributed by atoms with Crippen LogP contribution in [0.15, 0.2) is 11.2 Å². The van der Waals surface area contributed by atoms with Crippen molar-refractivity contribution in [3.63, 3.8) is 0 Å². The van der Waals surface area contributed by atoms with E-state index in [-0.39, 0.29) is 0 Å². The predicted octanol–water partition coefficient (Wildman–Crippen LogP) is 1.74. The van der Waals surface area contributed by atoms with Gasteiger partial charge in [0.2, 0.25) is 0 Å². The number of nitrogens with one attached hydrogen (secondary N) is 1. The van der Waals surface area contributed by atoms with Crippen LogP contribution in [0.4, 0.5) is 0 Å². The van der Waals surface area contributed by atoms with Gasteiger partial charge in [-0.2, -0.15) is 0 Å². The Labute approximate surface area is 137 Å². The molecule has 0 bridgehead atoms. The number of aliphatic imine (C=N–C) groups is 1. The van der Waals surface area contributed by atoms with Crippen molar-refractivity contribution in [3.8, 4) is 0 Å². The lowest BCUT2D eigenvalue weighted by atomic mass is 10.2. The lowest BCUT2D eigenvalue weighted by Crippen LogP contribution is -2.43. The summed E-state index contributed by atoms with van der Waals surface area (Å²) >= 11 is 1.79. The van der Waals surface area contributed by atoms with Gasteiger partial charge in [0.15, 0.2) is 5.96 Å². The van der Waals surface area contributed by atoms with Crippen LogP contribution in [0, 0.1) is 6.92 Å². The molecular weight excluding hydrogens is 294 g/mol. The van der Waals surface area contributed by atoms with Crippen LogP contribution in [-0.2, 0) is 6.42 Å². The first-order valence-corrected chi connectivity index (χ1v) is 9.19. The van der Waals surface area contributed by atoms with E-state index in [4.69, 9.17) is 0 Å². The molecule has 2 aliphatic rings. The summed E-state index contributed by atoms with van der Waals surface area (Å²) in [6.45, 7) is 7.83. The van der Waals surface area contributed by atoms with E-state index in [2.05, 4.69) is 32.0 Å². The second kappa shape index (κ2) is 7.42. The first kappa shape index (κ1) is 15.7. The number of nitrogens with zero attached hydrogens (tertiary/aromatic N) is 4. The highest BCUT2D eigenvalue weighted by Gasteiger charge is 2.30. The average molecular weight is 321 g/mol. The fraction of sp³-hybridized carbons (Fsp3) is 0.750. The molecule has 1 aromatic heterocycles. The highest BCUT2D eigenvalue weighted by Crippen LogP contribution is 2.20. The van der Waals surface area contributed by atoms with Gasteiger partial charge in [-0.15, -0.1) is 11.3 Å².